The van der Waals surface area contributed by atoms with Crippen molar-refractivity contribution in [2.45, 2.75) is 19.4 Å². The largest absolute Gasteiger partial charge is 0.472 e. The molecule has 368 valence electrons. The summed E-state index contributed by atoms with van der Waals surface area (Å²) in [6.45, 7) is 4.88. The van der Waals surface area contributed by atoms with Gasteiger partial charge in [-0.1, -0.05) is 60.7 Å². The van der Waals surface area contributed by atoms with Gasteiger partial charge in [0, 0.05) is 75.4 Å². The van der Waals surface area contributed by atoms with E-state index in [-0.39, 0.29) is 21.5 Å². The van der Waals surface area contributed by atoms with Gasteiger partial charge >= 0.3 is 13.3 Å². The van der Waals surface area contributed by atoms with Gasteiger partial charge < -0.3 is 29.6 Å². The van der Waals surface area contributed by atoms with Crippen molar-refractivity contribution in [2.75, 3.05) is 60.9 Å². The standard InChI is InChI=1S/C54H53N8O9P/c1-7-61(42-27-29-45-47(32-42)51(65)57-55-49(45)63)40-21-13-35(14-22-40)44(34-11-19-38(20-12-34)59(3)4)10-9-31-54(71-72(69,70)53(67)68,36-15-23-39(24-16-36)60(5)6)37-17-25-41(26-18-37)62(8-2)43-28-30-46-48(33-43)52(66)58-56-50(46)64/h9-33H,7-8H2,1-6H3,(H,55,63)(H,56,64)(H,57,65)(H,58,66)(H,67,68)(H,69,70)/b31-9+,44-10-. The van der Waals surface area contributed by atoms with E-state index in [2.05, 4.69) is 20.4 Å². The van der Waals surface area contributed by atoms with Crippen LogP contribution in [-0.4, -0.2) is 77.4 Å². The van der Waals surface area contributed by atoms with E-state index in [1.807, 2.05) is 116 Å². The van der Waals surface area contributed by atoms with E-state index in [1.54, 1.807) is 97.1 Å². The molecule has 18 heteroatoms. The maximum absolute atomic E-state index is 13.7. The van der Waals surface area contributed by atoms with Crippen LogP contribution in [-0.2, 0) is 14.7 Å². The van der Waals surface area contributed by atoms with Crippen LogP contribution >= 0.6 is 7.60 Å². The SMILES string of the molecule is CCN(c1ccc(/C(=C\C=C\C(OP(=O)(O)C(=O)O)(c2ccc(N(C)C)cc2)c2ccc(N(CC)c3ccc4c(=O)[nH][nH]c(=O)c4c3)cc2)c2ccc(N(C)C)cc2)cc1)c1ccc2c(=O)[nH][nH]c(=O)c2c1. The summed E-state index contributed by atoms with van der Waals surface area (Å²) in [5.74, 6) is 0. The molecule has 2 heterocycles. The van der Waals surface area contributed by atoms with Crippen molar-refractivity contribution in [1.82, 2.24) is 20.4 Å². The Morgan fingerprint density at radius 3 is 1.26 bits per heavy atom. The Labute approximate surface area is 413 Å². The van der Waals surface area contributed by atoms with E-state index >= 15 is 0 Å². The summed E-state index contributed by atoms with van der Waals surface area (Å²) < 4.78 is 19.8. The van der Waals surface area contributed by atoms with Crippen LogP contribution in [0.15, 0.2) is 171 Å². The topological polar surface area (TPSA) is 228 Å². The Balaban J connectivity index is 1.26. The highest BCUT2D eigenvalue weighted by molar-refractivity contribution is 7.70. The van der Waals surface area contributed by atoms with E-state index in [4.69, 9.17) is 4.52 Å². The molecule has 0 aliphatic rings. The smallest absolute Gasteiger partial charge is 0.437 e. The summed E-state index contributed by atoms with van der Waals surface area (Å²) in [6.07, 6.45) is 5.08. The summed E-state index contributed by atoms with van der Waals surface area (Å²) in [5, 5.41) is 20.6. The van der Waals surface area contributed by atoms with Crippen molar-refractivity contribution >= 4 is 74.5 Å². The monoisotopic (exact) mass is 988 g/mol. The van der Waals surface area contributed by atoms with Gasteiger partial charge in [0.15, 0.2) is 0 Å². The van der Waals surface area contributed by atoms with Gasteiger partial charge in [-0.25, -0.2) is 9.36 Å². The number of benzene rings is 6. The average molecular weight is 989 g/mol. The summed E-state index contributed by atoms with van der Waals surface area (Å²) in [6, 6.07) is 39.7. The molecule has 0 aliphatic heterocycles. The lowest BCUT2D eigenvalue weighted by molar-refractivity contribution is 0.132. The second-order valence-corrected chi connectivity index (χ2v) is 18.9. The minimum absolute atomic E-state index is 0.206. The van der Waals surface area contributed by atoms with Crippen LogP contribution in [0.5, 0.6) is 0 Å². The number of carboxylic acid groups (broad SMARTS) is 1. The number of rotatable bonds is 17. The fourth-order valence-electron chi connectivity index (χ4n) is 8.72. The number of fused-ring (bicyclic) bond motifs is 2. The first-order valence-electron chi connectivity index (χ1n) is 22.9. The van der Waals surface area contributed by atoms with E-state index in [1.165, 1.54) is 0 Å². The highest BCUT2D eigenvalue weighted by atomic mass is 31.2. The second-order valence-electron chi connectivity index (χ2n) is 17.3. The van der Waals surface area contributed by atoms with Crippen LogP contribution in [0.2, 0.25) is 0 Å². The molecule has 8 aromatic rings. The zero-order valence-electron chi connectivity index (χ0n) is 40.3. The molecule has 0 saturated carbocycles. The maximum atomic E-state index is 13.7. The number of allylic oxidation sites excluding steroid dienone is 2. The molecule has 0 bridgehead atoms. The van der Waals surface area contributed by atoms with Gasteiger partial charge in [-0.15, -0.1) is 0 Å². The second kappa shape index (κ2) is 20.5. The molecule has 0 fully saturated rings. The van der Waals surface area contributed by atoms with Gasteiger partial charge in [0.1, 0.15) is 5.60 Å². The average Bonchev–Trinajstić information content (AvgIpc) is 3.38. The third-order valence-corrected chi connectivity index (χ3v) is 13.5. The zero-order valence-corrected chi connectivity index (χ0v) is 41.2. The predicted molar refractivity (Wildman–Crippen MR) is 286 cm³/mol. The minimum atomic E-state index is -5.40. The van der Waals surface area contributed by atoms with Crippen molar-refractivity contribution in [3.05, 3.63) is 215 Å². The lowest BCUT2D eigenvalue weighted by Crippen LogP contribution is -2.29. The number of hydrogen-bond acceptors (Lipinski definition) is 11. The summed E-state index contributed by atoms with van der Waals surface area (Å²) >= 11 is 0. The maximum Gasteiger partial charge on any atom is 0.437 e. The first kappa shape index (κ1) is 49.9. The van der Waals surface area contributed by atoms with Crippen molar-refractivity contribution in [3.8, 4) is 0 Å². The van der Waals surface area contributed by atoms with Crippen LogP contribution in [0, 0.1) is 0 Å². The van der Waals surface area contributed by atoms with Crippen molar-refractivity contribution in [1.29, 1.82) is 0 Å². The molecule has 0 aliphatic carbocycles. The molecule has 6 aromatic carbocycles. The number of aromatic nitrogens is 4. The first-order valence-corrected chi connectivity index (χ1v) is 24.5. The molecule has 17 nitrogen and oxygen atoms in total. The van der Waals surface area contributed by atoms with Crippen LogP contribution in [0.4, 0.5) is 38.9 Å². The van der Waals surface area contributed by atoms with E-state index in [0.717, 1.165) is 33.8 Å². The molecule has 2 aromatic heterocycles. The van der Waals surface area contributed by atoms with Crippen molar-refractivity contribution in [2.24, 2.45) is 0 Å². The molecule has 8 rings (SSSR count). The van der Waals surface area contributed by atoms with Crippen molar-refractivity contribution in [3.63, 3.8) is 0 Å². The molecule has 2 unspecified atom stereocenters. The molecular formula is C54H53N8O9P. The molecule has 0 saturated heterocycles. The number of aromatic amines is 4. The minimum Gasteiger partial charge on any atom is -0.472 e. The van der Waals surface area contributed by atoms with Crippen molar-refractivity contribution < 1.29 is 23.9 Å². The van der Waals surface area contributed by atoms with Gasteiger partial charge in [-0.05, 0) is 133 Å². The van der Waals surface area contributed by atoms with E-state index in [0.29, 0.717) is 41.3 Å². The summed E-state index contributed by atoms with van der Waals surface area (Å²) in [7, 11) is 2.22. The lowest BCUT2D eigenvalue weighted by atomic mass is 9.85. The highest BCUT2D eigenvalue weighted by Gasteiger charge is 2.44. The highest BCUT2D eigenvalue weighted by Crippen LogP contribution is 2.53. The first-order chi connectivity index (χ1) is 34.4. The van der Waals surface area contributed by atoms with Crippen LogP contribution in [0.25, 0.3) is 27.1 Å². The lowest BCUT2D eigenvalue weighted by Gasteiger charge is -2.33. The van der Waals surface area contributed by atoms with Gasteiger partial charge in [0.2, 0.25) is 0 Å². The number of nitrogens with zero attached hydrogens (tertiary/aromatic N) is 4. The van der Waals surface area contributed by atoms with Crippen LogP contribution in [0.3, 0.4) is 0 Å². The molecule has 2 atom stereocenters. The number of nitrogens with one attached hydrogen (secondary N) is 4. The fraction of sp³-hybridized carbons (Fsp3) is 0.167. The third kappa shape index (κ3) is 9.94. The number of hydrogen-bond donors (Lipinski definition) is 6. The predicted octanol–water partition coefficient (Wildman–Crippen LogP) is 9.01. The molecule has 6 N–H and O–H groups in total. The zero-order chi connectivity index (χ0) is 51.5. The Bertz CT molecular complexity index is 3660. The van der Waals surface area contributed by atoms with Gasteiger partial charge in [0.25, 0.3) is 22.2 Å². The number of H-pyrrole nitrogens is 4. The molecule has 72 heavy (non-hydrogen) atoms. The van der Waals surface area contributed by atoms with Gasteiger partial charge in [-0.3, -0.25) is 44.1 Å². The molecule has 0 amide bonds. The molecule has 0 radical (unpaired) electrons. The normalized spacial score (nSPS) is 13.5. The van der Waals surface area contributed by atoms with E-state index in [9.17, 15) is 38.5 Å². The van der Waals surface area contributed by atoms with Gasteiger partial charge in [0.05, 0.1) is 21.5 Å². The summed E-state index contributed by atoms with van der Waals surface area (Å²) in [5.41, 5.74) is 1.91. The Morgan fingerprint density at radius 1 is 0.542 bits per heavy atom. The summed E-state index contributed by atoms with van der Waals surface area (Å²) in [4.78, 5) is 81.7. The fourth-order valence-corrected chi connectivity index (χ4v) is 9.46. The Kier molecular flexibility index (Phi) is 14.2. The van der Waals surface area contributed by atoms with Crippen LogP contribution < -0.4 is 41.8 Å². The van der Waals surface area contributed by atoms with Gasteiger partial charge in [-0.2, -0.15) is 0 Å². The molecule has 0 spiro atoms. The van der Waals surface area contributed by atoms with E-state index < -0.39 is 41.1 Å². The third-order valence-electron chi connectivity index (χ3n) is 12.5. The number of carbonyl (C=O) groups is 1. The Morgan fingerprint density at radius 2 is 0.889 bits per heavy atom. The number of anilines is 6. The quantitative estimate of drug-likeness (QED) is 0.0370. The van der Waals surface area contributed by atoms with Crippen LogP contribution in [0.1, 0.15) is 36.1 Å². The molecular weight excluding hydrogens is 936 g/mol. The Hall–Kier alpha value is -8.50.